The van der Waals surface area contributed by atoms with Crippen molar-refractivity contribution in [2.75, 3.05) is 0 Å². The molecule has 0 rings (SSSR count). The van der Waals surface area contributed by atoms with E-state index >= 15 is 0 Å². The van der Waals surface area contributed by atoms with Gasteiger partial charge in [0.15, 0.2) is 0 Å². The molecule has 0 aromatic carbocycles. The quantitative estimate of drug-likeness (QED) is 0.375. The summed E-state index contributed by atoms with van der Waals surface area (Å²) in [7, 11) is 0. The Balaban J connectivity index is -0.000000286. The molecule has 0 aliphatic rings. The van der Waals surface area contributed by atoms with Gasteiger partial charge in [-0.05, 0) is 23.7 Å². The topological polar surface area (TPSA) is 0 Å². The van der Waals surface area contributed by atoms with Gasteiger partial charge < -0.3 is 0 Å². The summed E-state index contributed by atoms with van der Waals surface area (Å²) in [4.78, 5) is 0. The third kappa shape index (κ3) is 22.4. The summed E-state index contributed by atoms with van der Waals surface area (Å²) >= 11 is 0. The molecule has 0 saturated heterocycles. The highest BCUT2D eigenvalue weighted by Gasteiger charge is 2.09. The Morgan fingerprint density at radius 1 is 0.571 bits per heavy atom. The van der Waals surface area contributed by atoms with Gasteiger partial charge in [-0.3, -0.25) is 0 Å². The normalized spacial score (nSPS) is 11.9. The van der Waals surface area contributed by atoms with Crippen LogP contribution in [0.5, 0.6) is 0 Å². The SMILES string of the molecule is CC.CC(C)C(C)C(C)C.CCCCCCC(C)CCC. The lowest BCUT2D eigenvalue weighted by Crippen LogP contribution is -2.10. The van der Waals surface area contributed by atoms with Crippen molar-refractivity contribution in [3.8, 4) is 0 Å². The minimum absolute atomic E-state index is 0.843. The van der Waals surface area contributed by atoms with Crippen LogP contribution >= 0.6 is 0 Å². The van der Waals surface area contributed by atoms with E-state index in [1.54, 1.807) is 0 Å². The molecular formula is C21H48. The molecule has 0 nitrogen and oxygen atoms in total. The fourth-order valence-electron chi connectivity index (χ4n) is 2.33. The molecule has 0 aromatic rings. The van der Waals surface area contributed by atoms with Crippen LogP contribution < -0.4 is 0 Å². The Morgan fingerprint density at radius 2 is 1.05 bits per heavy atom. The van der Waals surface area contributed by atoms with Crippen molar-refractivity contribution in [1.29, 1.82) is 0 Å². The zero-order valence-electron chi connectivity index (χ0n) is 17.3. The van der Waals surface area contributed by atoms with Crippen LogP contribution in [-0.4, -0.2) is 0 Å². The van der Waals surface area contributed by atoms with Crippen molar-refractivity contribution in [3.63, 3.8) is 0 Å². The Kier molecular flexibility index (Phi) is 24.7. The van der Waals surface area contributed by atoms with Crippen LogP contribution in [0.1, 0.15) is 114 Å². The van der Waals surface area contributed by atoms with Crippen molar-refractivity contribution >= 4 is 0 Å². The Morgan fingerprint density at radius 3 is 1.33 bits per heavy atom. The van der Waals surface area contributed by atoms with E-state index in [0.717, 1.165) is 23.7 Å². The monoisotopic (exact) mass is 300 g/mol. The Labute approximate surface area is 138 Å². The molecule has 1 atom stereocenters. The molecule has 0 aliphatic carbocycles. The van der Waals surface area contributed by atoms with Gasteiger partial charge in [-0.15, -0.1) is 0 Å². The van der Waals surface area contributed by atoms with Crippen molar-refractivity contribution in [3.05, 3.63) is 0 Å². The van der Waals surface area contributed by atoms with E-state index in [0.29, 0.717) is 0 Å². The second-order valence-corrected chi connectivity index (χ2v) is 7.09. The van der Waals surface area contributed by atoms with Crippen LogP contribution in [0.15, 0.2) is 0 Å². The van der Waals surface area contributed by atoms with Crippen molar-refractivity contribution in [1.82, 2.24) is 0 Å². The lowest BCUT2D eigenvalue weighted by molar-refractivity contribution is 0.316. The molecule has 0 fully saturated rings. The molecule has 21 heavy (non-hydrogen) atoms. The second kappa shape index (κ2) is 20.0. The highest BCUT2D eigenvalue weighted by Crippen LogP contribution is 2.18. The minimum atomic E-state index is 0.843. The highest BCUT2D eigenvalue weighted by atomic mass is 14.2. The molecular weight excluding hydrogens is 252 g/mol. The first-order valence-corrected chi connectivity index (χ1v) is 9.86. The first kappa shape index (κ1) is 25.9. The lowest BCUT2D eigenvalue weighted by Gasteiger charge is -2.18. The summed E-state index contributed by atoms with van der Waals surface area (Å²) < 4.78 is 0. The number of unbranched alkanes of at least 4 members (excludes halogenated alkanes) is 3. The summed E-state index contributed by atoms with van der Waals surface area (Å²) in [5.41, 5.74) is 0. The number of hydrogen-bond donors (Lipinski definition) is 0. The second-order valence-electron chi connectivity index (χ2n) is 7.09. The Hall–Kier alpha value is 0. The highest BCUT2D eigenvalue weighted by molar-refractivity contribution is 4.59. The van der Waals surface area contributed by atoms with E-state index in [-0.39, 0.29) is 0 Å². The predicted molar refractivity (Wildman–Crippen MR) is 103 cm³/mol. The van der Waals surface area contributed by atoms with Crippen molar-refractivity contribution < 1.29 is 0 Å². The molecule has 0 spiro atoms. The summed E-state index contributed by atoms with van der Waals surface area (Å²) in [6, 6.07) is 0. The first-order valence-electron chi connectivity index (χ1n) is 9.86. The van der Waals surface area contributed by atoms with Gasteiger partial charge in [0.1, 0.15) is 0 Å². The van der Waals surface area contributed by atoms with E-state index in [4.69, 9.17) is 0 Å². The maximum Gasteiger partial charge on any atom is -0.0396 e. The fourth-order valence-corrected chi connectivity index (χ4v) is 2.33. The van der Waals surface area contributed by atoms with Crippen LogP contribution in [0.25, 0.3) is 0 Å². The third-order valence-electron chi connectivity index (χ3n) is 4.44. The maximum atomic E-state index is 2.38. The predicted octanol–water partition coefficient (Wildman–Crippen LogP) is 8.35. The van der Waals surface area contributed by atoms with Gasteiger partial charge in [0.25, 0.3) is 0 Å². The molecule has 1 unspecified atom stereocenters. The van der Waals surface area contributed by atoms with E-state index in [2.05, 4.69) is 55.4 Å². The molecule has 0 aliphatic heterocycles. The van der Waals surface area contributed by atoms with E-state index < -0.39 is 0 Å². The summed E-state index contributed by atoms with van der Waals surface area (Å²) in [5, 5.41) is 0. The average Bonchev–Trinajstić information content (AvgIpc) is 2.45. The summed E-state index contributed by atoms with van der Waals surface area (Å²) in [5.74, 6) is 3.52. The van der Waals surface area contributed by atoms with Crippen LogP contribution in [0.3, 0.4) is 0 Å². The minimum Gasteiger partial charge on any atom is -0.0683 e. The molecule has 0 heteroatoms. The molecule has 132 valence electrons. The zero-order chi connectivity index (χ0) is 17.3. The Bertz CT molecular complexity index is 149. The van der Waals surface area contributed by atoms with Gasteiger partial charge >= 0.3 is 0 Å². The van der Waals surface area contributed by atoms with Gasteiger partial charge in [0.2, 0.25) is 0 Å². The van der Waals surface area contributed by atoms with Gasteiger partial charge in [-0.1, -0.05) is 114 Å². The number of rotatable bonds is 9. The molecule has 0 heterocycles. The zero-order valence-corrected chi connectivity index (χ0v) is 17.3. The van der Waals surface area contributed by atoms with E-state index in [1.807, 2.05) is 13.8 Å². The average molecular weight is 301 g/mol. The van der Waals surface area contributed by atoms with Crippen LogP contribution in [-0.2, 0) is 0 Å². The summed E-state index contributed by atoms with van der Waals surface area (Å²) in [6.07, 6.45) is 9.93. The standard InChI is InChI=1S/C11H24.C8H18.C2H6/c1-4-6-7-8-10-11(3)9-5-2;1-6(2)8(5)7(3)4;1-2/h11H,4-10H2,1-3H3;6-8H,1-5H3;1-2H3. The van der Waals surface area contributed by atoms with Crippen molar-refractivity contribution in [2.45, 2.75) is 114 Å². The molecule has 0 radical (unpaired) electrons. The van der Waals surface area contributed by atoms with Crippen molar-refractivity contribution in [2.24, 2.45) is 23.7 Å². The summed E-state index contributed by atoms with van der Waals surface area (Å²) in [6.45, 7) is 22.4. The molecule has 0 amide bonds. The molecule has 0 N–H and O–H groups in total. The van der Waals surface area contributed by atoms with E-state index in [1.165, 1.54) is 44.9 Å². The largest absolute Gasteiger partial charge is 0.0683 e. The molecule has 0 saturated carbocycles. The number of hydrogen-bond acceptors (Lipinski definition) is 0. The van der Waals surface area contributed by atoms with Gasteiger partial charge in [-0.25, -0.2) is 0 Å². The molecule has 0 aromatic heterocycles. The lowest BCUT2D eigenvalue weighted by atomic mass is 9.88. The fraction of sp³-hybridized carbons (Fsp3) is 1.00. The first-order chi connectivity index (χ1) is 9.86. The molecule has 0 bridgehead atoms. The smallest absolute Gasteiger partial charge is 0.0396 e. The third-order valence-corrected chi connectivity index (χ3v) is 4.44. The van der Waals surface area contributed by atoms with Gasteiger partial charge in [0.05, 0.1) is 0 Å². The van der Waals surface area contributed by atoms with Crippen LogP contribution in [0.2, 0.25) is 0 Å². The van der Waals surface area contributed by atoms with Gasteiger partial charge in [-0.2, -0.15) is 0 Å². The van der Waals surface area contributed by atoms with Gasteiger partial charge in [0, 0.05) is 0 Å². The van der Waals surface area contributed by atoms with Crippen LogP contribution in [0.4, 0.5) is 0 Å². The van der Waals surface area contributed by atoms with Crippen LogP contribution in [0, 0.1) is 23.7 Å². The maximum absolute atomic E-state index is 2.38. The van der Waals surface area contributed by atoms with E-state index in [9.17, 15) is 0 Å².